The molecule has 0 bridgehead atoms. The second kappa shape index (κ2) is 7.97. The summed E-state index contributed by atoms with van der Waals surface area (Å²) in [6, 6.07) is 13.3. The highest BCUT2D eigenvalue weighted by atomic mass is 32.1. The van der Waals surface area contributed by atoms with E-state index < -0.39 is 0 Å². The minimum absolute atomic E-state index is 0.145. The number of carbonyl (C=O) groups excluding carboxylic acids is 1. The predicted molar refractivity (Wildman–Crippen MR) is 103 cm³/mol. The fourth-order valence-electron chi connectivity index (χ4n) is 2.43. The highest BCUT2D eigenvalue weighted by Gasteiger charge is 2.15. The van der Waals surface area contributed by atoms with Gasteiger partial charge >= 0.3 is 0 Å². The number of nitrogens with zero attached hydrogens (tertiary/aromatic N) is 2. The maximum Gasteiger partial charge on any atom is 0.263 e. The minimum atomic E-state index is -0.145. The van der Waals surface area contributed by atoms with Gasteiger partial charge in [-0.25, -0.2) is 9.97 Å². The molecule has 0 atom stereocenters. The monoisotopic (exact) mass is 368 g/mol. The van der Waals surface area contributed by atoms with Crippen LogP contribution < -0.4 is 15.4 Å². The van der Waals surface area contributed by atoms with Crippen LogP contribution in [0.4, 0.5) is 10.9 Å². The number of aryl methyl sites for hydroxylation is 2. The number of carbonyl (C=O) groups is 1. The summed E-state index contributed by atoms with van der Waals surface area (Å²) in [5.41, 5.74) is 2.58. The number of hydrogen-bond acceptors (Lipinski definition) is 6. The van der Waals surface area contributed by atoms with Crippen LogP contribution in [0.15, 0.2) is 42.5 Å². The summed E-state index contributed by atoms with van der Waals surface area (Å²) in [5.74, 6) is 1.33. The molecule has 3 aromatic rings. The third-order valence-corrected chi connectivity index (χ3v) is 4.79. The Morgan fingerprint density at radius 3 is 2.73 bits per heavy atom. The van der Waals surface area contributed by atoms with E-state index in [1.807, 2.05) is 56.3 Å². The van der Waals surface area contributed by atoms with Gasteiger partial charge in [-0.05, 0) is 43.7 Å². The molecular weight excluding hydrogens is 348 g/mol. The standard InChI is InChI=1S/C19H20N4O2S/c1-12-6-4-9-16(21-12)23-19-22-13(2)17(26-19)18(24)20-11-14-7-5-8-15(10-14)25-3/h4-10H,11H2,1-3H3,(H,20,24)(H,21,22,23). The molecule has 6 nitrogen and oxygen atoms in total. The first-order valence-corrected chi connectivity index (χ1v) is 8.96. The second-order valence-electron chi connectivity index (χ2n) is 5.76. The Kier molecular flexibility index (Phi) is 5.48. The highest BCUT2D eigenvalue weighted by molar-refractivity contribution is 7.17. The normalized spacial score (nSPS) is 10.4. The van der Waals surface area contributed by atoms with Crippen LogP contribution in [-0.4, -0.2) is 23.0 Å². The summed E-state index contributed by atoms with van der Waals surface area (Å²) in [5, 5.41) is 6.72. The van der Waals surface area contributed by atoms with E-state index in [1.165, 1.54) is 11.3 Å². The molecule has 0 radical (unpaired) electrons. The molecule has 1 amide bonds. The van der Waals surface area contributed by atoms with Crippen LogP contribution >= 0.6 is 11.3 Å². The zero-order valence-corrected chi connectivity index (χ0v) is 15.7. The molecule has 7 heteroatoms. The van der Waals surface area contributed by atoms with Gasteiger partial charge in [0.05, 0.1) is 12.8 Å². The van der Waals surface area contributed by atoms with E-state index in [4.69, 9.17) is 4.74 Å². The molecule has 1 aromatic carbocycles. The van der Waals surface area contributed by atoms with Gasteiger partial charge in [-0.3, -0.25) is 4.79 Å². The molecule has 2 heterocycles. The summed E-state index contributed by atoms with van der Waals surface area (Å²) < 4.78 is 5.20. The lowest BCUT2D eigenvalue weighted by molar-refractivity contribution is 0.0954. The molecule has 0 fully saturated rings. The van der Waals surface area contributed by atoms with Crippen LogP contribution in [0.1, 0.15) is 26.6 Å². The molecule has 26 heavy (non-hydrogen) atoms. The van der Waals surface area contributed by atoms with Gasteiger partial charge in [-0.1, -0.05) is 29.5 Å². The number of ether oxygens (including phenoxy) is 1. The summed E-state index contributed by atoms with van der Waals surface area (Å²) in [7, 11) is 1.62. The maximum absolute atomic E-state index is 12.5. The van der Waals surface area contributed by atoms with E-state index in [-0.39, 0.29) is 5.91 Å². The van der Waals surface area contributed by atoms with Crippen LogP contribution in [0, 0.1) is 13.8 Å². The highest BCUT2D eigenvalue weighted by Crippen LogP contribution is 2.25. The van der Waals surface area contributed by atoms with Crippen LogP contribution in [0.25, 0.3) is 0 Å². The Labute approximate surface area is 156 Å². The Balaban J connectivity index is 1.67. The Morgan fingerprint density at radius 1 is 1.15 bits per heavy atom. The van der Waals surface area contributed by atoms with E-state index in [1.54, 1.807) is 7.11 Å². The second-order valence-corrected chi connectivity index (χ2v) is 6.76. The van der Waals surface area contributed by atoms with Gasteiger partial charge < -0.3 is 15.4 Å². The summed E-state index contributed by atoms with van der Waals surface area (Å²) in [6.07, 6.45) is 0. The number of anilines is 2. The average Bonchev–Trinajstić information content (AvgIpc) is 3.00. The lowest BCUT2D eigenvalue weighted by Crippen LogP contribution is -2.22. The number of benzene rings is 1. The van der Waals surface area contributed by atoms with Crippen molar-refractivity contribution in [3.05, 3.63) is 64.3 Å². The molecule has 0 aliphatic carbocycles. The van der Waals surface area contributed by atoms with Crippen molar-refractivity contribution in [1.82, 2.24) is 15.3 Å². The number of methoxy groups -OCH3 is 1. The number of thiazole rings is 1. The van der Waals surface area contributed by atoms with Gasteiger partial charge in [0, 0.05) is 12.2 Å². The number of rotatable bonds is 6. The van der Waals surface area contributed by atoms with Crippen molar-refractivity contribution >= 4 is 28.2 Å². The quantitative estimate of drug-likeness (QED) is 0.691. The van der Waals surface area contributed by atoms with Crippen LogP contribution in [0.3, 0.4) is 0 Å². The number of hydrogen-bond donors (Lipinski definition) is 2. The zero-order chi connectivity index (χ0) is 18.5. The van der Waals surface area contributed by atoms with Gasteiger partial charge in [0.2, 0.25) is 0 Å². The lowest BCUT2D eigenvalue weighted by atomic mass is 10.2. The molecule has 0 unspecified atom stereocenters. The Bertz CT molecular complexity index is 923. The minimum Gasteiger partial charge on any atom is -0.497 e. The van der Waals surface area contributed by atoms with E-state index in [0.29, 0.717) is 28.1 Å². The number of amides is 1. The van der Waals surface area contributed by atoms with Crippen LogP contribution in [0.2, 0.25) is 0 Å². The fourth-order valence-corrected chi connectivity index (χ4v) is 3.32. The van der Waals surface area contributed by atoms with Gasteiger partial charge in [0.1, 0.15) is 16.4 Å². The largest absolute Gasteiger partial charge is 0.497 e. The lowest BCUT2D eigenvalue weighted by Gasteiger charge is -2.06. The van der Waals surface area contributed by atoms with E-state index >= 15 is 0 Å². The van der Waals surface area contributed by atoms with Gasteiger partial charge in [0.25, 0.3) is 5.91 Å². The smallest absolute Gasteiger partial charge is 0.263 e. The summed E-state index contributed by atoms with van der Waals surface area (Å²) >= 11 is 1.31. The summed E-state index contributed by atoms with van der Waals surface area (Å²) in [6.45, 7) is 4.18. The molecule has 0 aliphatic heterocycles. The predicted octanol–water partition coefficient (Wildman–Crippen LogP) is 3.84. The molecule has 3 rings (SSSR count). The van der Waals surface area contributed by atoms with Crippen molar-refractivity contribution < 1.29 is 9.53 Å². The third-order valence-electron chi connectivity index (χ3n) is 3.71. The van der Waals surface area contributed by atoms with Gasteiger partial charge in [-0.15, -0.1) is 0 Å². The van der Waals surface area contributed by atoms with E-state index in [9.17, 15) is 4.79 Å². The average molecular weight is 368 g/mol. The zero-order valence-electron chi connectivity index (χ0n) is 14.9. The third kappa shape index (κ3) is 4.37. The van der Waals surface area contributed by atoms with Crippen LogP contribution in [-0.2, 0) is 6.54 Å². The van der Waals surface area contributed by atoms with Crippen LogP contribution in [0.5, 0.6) is 5.75 Å². The molecule has 0 spiro atoms. The first kappa shape index (κ1) is 17.9. The first-order valence-electron chi connectivity index (χ1n) is 8.14. The number of aromatic nitrogens is 2. The molecular formula is C19H20N4O2S. The van der Waals surface area contributed by atoms with Gasteiger partial charge in [0.15, 0.2) is 5.13 Å². The fraction of sp³-hybridized carbons (Fsp3) is 0.211. The first-order chi connectivity index (χ1) is 12.5. The van der Waals surface area contributed by atoms with E-state index in [2.05, 4.69) is 20.6 Å². The molecule has 2 N–H and O–H groups in total. The van der Waals surface area contributed by atoms with Gasteiger partial charge in [-0.2, -0.15) is 0 Å². The Morgan fingerprint density at radius 2 is 1.96 bits per heavy atom. The van der Waals surface area contributed by atoms with Crippen molar-refractivity contribution in [2.24, 2.45) is 0 Å². The maximum atomic E-state index is 12.5. The molecule has 0 saturated carbocycles. The number of pyridine rings is 1. The molecule has 134 valence electrons. The number of nitrogens with one attached hydrogen (secondary N) is 2. The molecule has 0 aliphatic rings. The van der Waals surface area contributed by atoms with Crippen molar-refractivity contribution in [3.8, 4) is 5.75 Å². The van der Waals surface area contributed by atoms with Crippen molar-refractivity contribution in [1.29, 1.82) is 0 Å². The van der Waals surface area contributed by atoms with Crippen molar-refractivity contribution in [2.45, 2.75) is 20.4 Å². The topological polar surface area (TPSA) is 76.1 Å². The summed E-state index contributed by atoms with van der Waals surface area (Å²) in [4.78, 5) is 21.9. The molecule has 0 saturated heterocycles. The SMILES string of the molecule is COc1cccc(CNC(=O)c2sc(Nc3cccc(C)n3)nc2C)c1. The van der Waals surface area contributed by atoms with Crippen molar-refractivity contribution in [3.63, 3.8) is 0 Å². The van der Waals surface area contributed by atoms with Crippen molar-refractivity contribution in [2.75, 3.05) is 12.4 Å². The molecule has 2 aromatic heterocycles. The Hall–Kier alpha value is -2.93. The van der Waals surface area contributed by atoms with E-state index in [0.717, 1.165) is 17.0 Å².